The molecule has 196 valence electrons. The second-order valence-corrected chi connectivity index (χ2v) is 12.0. The quantitative estimate of drug-likeness (QED) is 0.211. The molecule has 1 nitrogen and oxygen atoms in total. The molecule has 0 saturated heterocycles. The first-order chi connectivity index (χ1) is 20.8. The maximum absolute atomic E-state index is 2.38. The number of para-hydroxylation sites is 2. The molecule has 1 aliphatic rings. The predicted octanol–water partition coefficient (Wildman–Crippen LogP) is 11.4. The molecule has 0 unspecified atom stereocenters. The van der Waals surface area contributed by atoms with Crippen molar-refractivity contribution in [3.63, 3.8) is 0 Å². The Kier molecular flexibility index (Phi) is 5.20. The average molecular weight is 552 g/mol. The van der Waals surface area contributed by atoms with Crippen LogP contribution in [0.3, 0.4) is 0 Å². The fourth-order valence-electron chi connectivity index (χ4n) is 6.68. The Bertz CT molecular complexity index is 2260. The van der Waals surface area contributed by atoms with Crippen LogP contribution in [-0.4, -0.2) is 4.57 Å². The molecular weight excluding hydrogens is 527 g/mol. The third kappa shape index (κ3) is 3.52. The highest BCUT2D eigenvalue weighted by Crippen LogP contribution is 2.50. The second kappa shape index (κ2) is 9.24. The molecule has 0 bridgehead atoms. The third-order valence-corrected chi connectivity index (χ3v) is 9.75. The summed E-state index contributed by atoms with van der Waals surface area (Å²) in [5.74, 6) is 0. The summed E-state index contributed by atoms with van der Waals surface area (Å²) in [5, 5.41) is 5.24. The maximum atomic E-state index is 2.38. The lowest BCUT2D eigenvalue weighted by Crippen LogP contribution is -1.95. The zero-order valence-corrected chi connectivity index (χ0v) is 23.6. The molecule has 42 heavy (non-hydrogen) atoms. The van der Waals surface area contributed by atoms with Gasteiger partial charge in [-0.05, 0) is 81.2 Å². The summed E-state index contributed by atoms with van der Waals surface area (Å²) in [6.07, 6.45) is 0. The van der Waals surface area contributed by atoms with E-state index in [1.54, 1.807) is 0 Å². The van der Waals surface area contributed by atoms with Gasteiger partial charge in [-0.3, -0.25) is 0 Å². The van der Waals surface area contributed by atoms with Crippen molar-refractivity contribution in [3.8, 4) is 39.1 Å². The minimum absolute atomic E-state index is 1.18. The van der Waals surface area contributed by atoms with Crippen LogP contribution in [0.25, 0.3) is 71.6 Å². The topological polar surface area (TPSA) is 4.93 Å². The Labute approximate surface area is 248 Å². The van der Waals surface area contributed by atoms with E-state index in [4.69, 9.17) is 0 Å². The average Bonchev–Trinajstić information content (AvgIpc) is 3.40. The molecule has 2 heteroatoms. The summed E-state index contributed by atoms with van der Waals surface area (Å²) < 4.78 is 2.37. The summed E-state index contributed by atoms with van der Waals surface area (Å²) in [6, 6.07) is 55.4. The molecule has 0 atom stereocenters. The van der Waals surface area contributed by atoms with Gasteiger partial charge in [-0.1, -0.05) is 121 Å². The molecular formula is C40H25NS. The molecule has 1 aliphatic heterocycles. The highest BCUT2D eigenvalue weighted by Gasteiger charge is 2.21. The number of benzene rings is 7. The van der Waals surface area contributed by atoms with Crippen LogP contribution in [0.5, 0.6) is 0 Å². The largest absolute Gasteiger partial charge is 0.309 e. The number of fused-ring (bicyclic) bond motifs is 5. The highest BCUT2D eigenvalue weighted by molar-refractivity contribution is 7.99. The van der Waals surface area contributed by atoms with Crippen LogP contribution < -0.4 is 0 Å². The van der Waals surface area contributed by atoms with Crippen LogP contribution in [-0.2, 0) is 0 Å². The van der Waals surface area contributed by atoms with Gasteiger partial charge in [0.2, 0.25) is 0 Å². The normalized spacial score (nSPS) is 12.2. The molecule has 0 spiro atoms. The fourth-order valence-corrected chi connectivity index (χ4v) is 7.79. The van der Waals surface area contributed by atoms with Gasteiger partial charge in [-0.25, -0.2) is 0 Å². The summed E-state index contributed by atoms with van der Waals surface area (Å²) in [6.45, 7) is 0. The molecule has 8 aromatic rings. The second-order valence-electron chi connectivity index (χ2n) is 10.9. The number of aromatic nitrogens is 1. The van der Waals surface area contributed by atoms with Crippen LogP contribution in [0.1, 0.15) is 0 Å². The molecule has 7 aromatic carbocycles. The fraction of sp³-hybridized carbons (Fsp3) is 0. The van der Waals surface area contributed by atoms with Crippen LogP contribution in [0.15, 0.2) is 161 Å². The smallest absolute Gasteiger partial charge is 0.0541 e. The number of hydrogen-bond donors (Lipinski definition) is 0. The first-order valence-corrected chi connectivity index (χ1v) is 15.2. The van der Waals surface area contributed by atoms with Crippen LogP contribution >= 0.6 is 11.8 Å². The van der Waals surface area contributed by atoms with Crippen molar-refractivity contribution in [2.24, 2.45) is 0 Å². The highest BCUT2D eigenvalue weighted by atomic mass is 32.2. The summed E-state index contributed by atoms with van der Waals surface area (Å²) in [4.78, 5) is 2.64. The van der Waals surface area contributed by atoms with Crippen LogP contribution in [0.2, 0.25) is 0 Å². The predicted molar refractivity (Wildman–Crippen MR) is 179 cm³/mol. The van der Waals surface area contributed by atoms with Crippen LogP contribution in [0, 0.1) is 0 Å². The van der Waals surface area contributed by atoms with Crippen molar-refractivity contribution >= 4 is 44.3 Å². The molecule has 0 saturated carbocycles. The number of rotatable bonds is 3. The van der Waals surface area contributed by atoms with Gasteiger partial charge in [-0.2, -0.15) is 0 Å². The van der Waals surface area contributed by atoms with E-state index >= 15 is 0 Å². The van der Waals surface area contributed by atoms with Crippen molar-refractivity contribution in [2.45, 2.75) is 9.79 Å². The van der Waals surface area contributed by atoms with Gasteiger partial charge in [0.25, 0.3) is 0 Å². The van der Waals surface area contributed by atoms with Gasteiger partial charge in [0.1, 0.15) is 0 Å². The van der Waals surface area contributed by atoms with Gasteiger partial charge >= 0.3 is 0 Å². The van der Waals surface area contributed by atoms with Gasteiger partial charge in [-0.15, -0.1) is 0 Å². The summed E-state index contributed by atoms with van der Waals surface area (Å²) in [5.41, 5.74) is 11.3. The first kappa shape index (κ1) is 23.6. The van der Waals surface area contributed by atoms with Gasteiger partial charge in [0, 0.05) is 31.6 Å². The monoisotopic (exact) mass is 551 g/mol. The minimum atomic E-state index is 1.18. The van der Waals surface area contributed by atoms with E-state index in [9.17, 15) is 0 Å². The molecule has 0 N–H and O–H groups in total. The van der Waals surface area contributed by atoms with E-state index in [1.165, 1.54) is 81.4 Å². The first-order valence-electron chi connectivity index (χ1n) is 14.4. The Morgan fingerprint density at radius 3 is 1.79 bits per heavy atom. The third-order valence-electron chi connectivity index (χ3n) is 8.62. The van der Waals surface area contributed by atoms with E-state index in [-0.39, 0.29) is 0 Å². The van der Waals surface area contributed by atoms with Crippen LogP contribution in [0.4, 0.5) is 0 Å². The van der Waals surface area contributed by atoms with Crippen molar-refractivity contribution in [2.75, 3.05) is 0 Å². The van der Waals surface area contributed by atoms with Gasteiger partial charge in [0.05, 0.1) is 11.0 Å². The zero-order valence-electron chi connectivity index (χ0n) is 22.8. The molecule has 0 aliphatic carbocycles. The summed E-state index contributed by atoms with van der Waals surface area (Å²) in [7, 11) is 0. The standard InChI is InChI=1S/C40H25NS/c1-2-9-27(10-3-1)30-22-24-39-40-33(30)13-8-14-34(40)35-25-28(19-23-38(35)42-39)26-17-20-29(21-18-26)41-36-15-6-4-11-31(36)32-12-5-7-16-37(32)41/h1-25H. The van der Waals surface area contributed by atoms with E-state index < -0.39 is 0 Å². The van der Waals surface area contributed by atoms with Crippen molar-refractivity contribution in [3.05, 3.63) is 152 Å². The lowest BCUT2D eigenvalue weighted by Gasteiger charge is -2.22. The van der Waals surface area contributed by atoms with E-state index in [1.807, 2.05) is 11.8 Å². The van der Waals surface area contributed by atoms with Crippen molar-refractivity contribution in [1.82, 2.24) is 4.57 Å². The van der Waals surface area contributed by atoms with Gasteiger partial charge in [0.15, 0.2) is 0 Å². The minimum Gasteiger partial charge on any atom is -0.309 e. The Morgan fingerprint density at radius 1 is 0.381 bits per heavy atom. The molecule has 0 amide bonds. The molecule has 9 rings (SSSR count). The molecule has 0 fully saturated rings. The van der Waals surface area contributed by atoms with Crippen molar-refractivity contribution in [1.29, 1.82) is 0 Å². The molecule has 0 radical (unpaired) electrons. The SMILES string of the molecule is c1ccc(-c2ccc3c4c(cccc24)-c2cc(-c4ccc(-n5c6ccccc6c6ccccc65)cc4)ccc2S3)cc1. The zero-order chi connectivity index (χ0) is 27.6. The molecule has 1 aromatic heterocycles. The van der Waals surface area contributed by atoms with Gasteiger partial charge < -0.3 is 4.57 Å². The molecule has 2 heterocycles. The Morgan fingerprint density at radius 2 is 1.02 bits per heavy atom. The Hall–Kier alpha value is -5.05. The number of hydrogen-bond acceptors (Lipinski definition) is 1. The lowest BCUT2D eigenvalue weighted by atomic mass is 9.91. The van der Waals surface area contributed by atoms with E-state index in [0.717, 1.165) is 0 Å². The summed E-state index contributed by atoms with van der Waals surface area (Å²) >= 11 is 1.88. The lowest BCUT2D eigenvalue weighted by molar-refractivity contribution is 1.18. The Balaban J connectivity index is 1.15. The van der Waals surface area contributed by atoms with Crippen molar-refractivity contribution < 1.29 is 0 Å². The van der Waals surface area contributed by atoms with E-state index in [2.05, 4.69) is 156 Å². The maximum Gasteiger partial charge on any atom is 0.0541 e. The number of nitrogens with zero attached hydrogens (tertiary/aromatic N) is 1. The van der Waals surface area contributed by atoms with E-state index in [0.29, 0.717) is 0 Å².